The smallest absolute Gasteiger partial charge is 0.423 e. The van der Waals surface area contributed by atoms with E-state index in [0.717, 1.165) is 47.9 Å². The second kappa shape index (κ2) is 24.3. The summed E-state index contributed by atoms with van der Waals surface area (Å²) in [5.41, 5.74) is 4.02. The molecule has 6 aromatic rings. The number of hydrogen-bond acceptors (Lipinski definition) is 8. The highest BCUT2D eigenvalue weighted by atomic mass is 79.9. The highest BCUT2D eigenvalue weighted by molar-refractivity contribution is 9.10. The van der Waals surface area contributed by atoms with Crippen LogP contribution in [0.5, 0.6) is 0 Å². The van der Waals surface area contributed by atoms with Crippen LogP contribution in [0.2, 0.25) is 0 Å². The molecule has 0 aliphatic rings. The van der Waals surface area contributed by atoms with E-state index in [2.05, 4.69) is 49.7 Å². The lowest BCUT2D eigenvalue weighted by Gasteiger charge is -2.09. The maximum Gasteiger partial charge on any atom is 0.494 e. The SMILES string of the molecule is CCCCCCc1ccc(-c2cc(F)c(-c3cnc(C#N)nc3)c(F)c2)cc1.CCCCCCc1ccc(-c2cc(F)c(B(O)O)c(F)c2)cc1.N#Cc1ncc(Br)cn1. The van der Waals surface area contributed by atoms with Crippen molar-refractivity contribution in [1.29, 1.82) is 10.5 Å². The monoisotopic (exact) mass is 878 g/mol. The molecule has 0 aliphatic carbocycles. The first-order valence-corrected chi connectivity index (χ1v) is 20.4. The first-order valence-electron chi connectivity index (χ1n) is 19.6. The van der Waals surface area contributed by atoms with Crippen molar-refractivity contribution in [3.63, 3.8) is 0 Å². The largest absolute Gasteiger partial charge is 0.494 e. The molecule has 0 atom stereocenters. The number of aryl methyl sites for hydroxylation is 2. The Hall–Kier alpha value is -5.80. The van der Waals surface area contributed by atoms with Crippen molar-refractivity contribution < 1.29 is 27.6 Å². The van der Waals surface area contributed by atoms with Crippen molar-refractivity contribution in [2.75, 3.05) is 0 Å². The molecule has 60 heavy (non-hydrogen) atoms. The molecule has 14 heteroatoms. The molecule has 0 radical (unpaired) electrons. The molecule has 0 saturated carbocycles. The van der Waals surface area contributed by atoms with E-state index in [9.17, 15) is 17.6 Å². The Morgan fingerprint density at radius 1 is 0.533 bits per heavy atom. The van der Waals surface area contributed by atoms with E-state index < -0.39 is 35.9 Å². The Morgan fingerprint density at radius 3 is 1.28 bits per heavy atom. The maximum absolute atomic E-state index is 14.6. The number of rotatable bonds is 14. The molecular weight excluding hydrogens is 835 g/mol. The van der Waals surface area contributed by atoms with Crippen LogP contribution in [-0.4, -0.2) is 37.1 Å². The van der Waals surface area contributed by atoms with Crippen LogP contribution < -0.4 is 5.46 Å². The molecule has 0 saturated heterocycles. The summed E-state index contributed by atoms with van der Waals surface area (Å²) in [6, 6.07) is 23.9. The normalized spacial score (nSPS) is 10.4. The van der Waals surface area contributed by atoms with Gasteiger partial charge in [-0.15, -0.1) is 0 Å². The number of aromatic nitrogens is 4. The molecule has 308 valence electrons. The molecule has 2 N–H and O–H groups in total. The van der Waals surface area contributed by atoms with Gasteiger partial charge in [0.25, 0.3) is 0 Å². The van der Waals surface area contributed by atoms with Crippen LogP contribution in [0, 0.1) is 45.9 Å². The average Bonchev–Trinajstić information content (AvgIpc) is 3.25. The summed E-state index contributed by atoms with van der Waals surface area (Å²) in [6.45, 7) is 4.36. The Kier molecular flexibility index (Phi) is 19.0. The summed E-state index contributed by atoms with van der Waals surface area (Å²) in [5, 5.41) is 34.9. The van der Waals surface area contributed by atoms with Gasteiger partial charge in [0.15, 0.2) is 0 Å². The third-order valence-electron chi connectivity index (χ3n) is 9.35. The van der Waals surface area contributed by atoms with E-state index in [-0.39, 0.29) is 22.8 Å². The van der Waals surface area contributed by atoms with Crippen LogP contribution >= 0.6 is 15.9 Å². The fraction of sp³-hybridized carbons (Fsp3) is 0.261. The number of nitrogens with zero attached hydrogens (tertiary/aromatic N) is 6. The highest BCUT2D eigenvalue weighted by Gasteiger charge is 2.23. The van der Waals surface area contributed by atoms with E-state index >= 15 is 0 Å². The summed E-state index contributed by atoms with van der Waals surface area (Å²) in [5.74, 6) is -3.15. The third kappa shape index (κ3) is 14.2. The van der Waals surface area contributed by atoms with Crippen LogP contribution in [0.15, 0.2) is 102 Å². The van der Waals surface area contributed by atoms with Crippen LogP contribution in [0.1, 0.15) is 88.0 Å². The standard InChI is InChI=1S/C23H21F2N3.C18H21BF2O2.C5H2BrN3/c1-2-3-4-5-6-16-7-9-17(10-8-16)18-11-20(24)23(21(25)12-18)19-14-27-22(13-26)28-15-19;1-2-3-4-5-6-13-7-9-14(10-8-13)15-11-16(20)18(19(22)23)17(21)12-15;6-4-2-8-5(1-7)9-3-4/h7-12,14-15H,2-6H2,1H3;7-12,22-23H,2-6H2,1H3;2-3H. The van der Waals surface area contributed by atoms with E-state index in [1.54, 1.807) is 6.07 Å². The molecule has 0 bridgehead atoms. The Labute approximate surface area is 357 Å². The van der Waals surface area contributed by atoms with Gasteiger partial charge in [0.05, 0.1) is 15.5 Å². The van der Waals surface area contributed by atoms with Gasteiger partial charge in [-0.25, -0.2) is 37.5 Å². The van der Waals surface area contributed by atoms with Gasteiger partial charge in [-0.2, -0.15) is 10.5 Å². The van der Waals surface area contributed by atoms with Crippen LogP contribution in [0.4, 0.5) is 17.6 Å². The van der Waals surface area contributed by atoms with Crippen molar-refractivity contribution in [1.82, 2.24) is 19.9 Å². The Morgan fingerprint density at radius 2 is 0.917 bits per heavy atom. The summed E-state index contributed by atoms with van der Waals surface area (Å²) in [6.07, 6.45) is 17.2. The number of unbranched alkanes of at least 4 members (excludes halogenated alkanes) is 6. The van der Waals surface area contributed by atoms with E-state index in [1.165, 1.54) is 86.6 Å². The molecule has 8 nitrogen and oxygen atoms in total. The third-order valence-corrected chi connectivity index (χ3v) is 9.76. The van der Waals surface area contributed by atoms with Gasteiger partial charge in [0, 0.05) is 30.4 Å². The van der Waals surface area contributed by atoms with E-state index in [0.29, 0.717) is 16.7 Å². The van der Waals surface area contributed by atoms with Crippen LogP contribution in [0.25, 0.3) is 33.4 Å². The predicted octanol–water partition coefficient (Wildman–Crippen LogP) is 10.6. The summed E-state index contributed by atoms with van der Waals surface area (Å²) < 4.78 is 57.6. The fourth-order valence-electron chi connectivity index (χ4n) is 6.14. The summed E-state index contributed by atoms with van der Waals surface area (Å²) in [7, 11) is -2.16. The molecule has 6 rings (SSSR count). The molecule has 0 fully saturated rings. The second-order valence-corrected chi connectivity index (χ2v) is 14.7. The molecule has 2 heterocycles. The van der Waals surface area contributed by atoms with Crippen molar-refractivity contribution in [2.24, 2.45) is 0 Å². The zero-order valence-electron chi connectivity index (χ0n) is 33.4. The van der Waals surface area contributed by atoms with Gasteiger partial charge in [0.1, 0.15) is 35.4 Å². The number of nitriles is 2. The zero-order valence-corrected chi connectivity index (χ0v) is 34.9. The summed E-state index contributed by atoms with van der Waals surface area (Å²) in [4.78, 5) is 14.9. The molecule has 0 unspecified atom stereocenters. The van der Waals surface area contributed by atoms with Gasteiger partial charge >= 0.3 is 7.12 Å². The Balaban J connectivity index is 0.000000222. The molecular formula is C46H44BBrF4N6O2. The topological polar surface area (TPSA) is 140 Å². The lowest BCUT2D eigenvalue weighted by atomic mass is 9.78. The van der Waals surface area contributed by atoms with Crippen molar-refractivity contribution >= 4 is 28.5 Å². The maximum atomic E-state index is 14.6. The van der Waals surface area contributed by atoms with Crippen molar-refractivity contribution in [2.45, 2.75) is 78.1 Å². The summed E-state index contributed by atoms with van der Waals surface area (Å²) >= 11 is 3.14. The lowest BCUT2D eigenvalue weighted by molar-refractivity contribution is 0.419. The van der Waals surface area contributed by atoms with Crippen LogP contribution in [0.3, 0.4) is 0 Å². The quantitative estimate of drug-likeness (QED) is 0.0626. The minimum atomic E-state index is -2.16. The first kappa shape index (κ1) is 46.9. The van der Waals surface area contributed by atoms with Crippen molar-refractivity contribution in [3.8, 4) is 45.5 Å². The van der Waals surface area contributed by atoms with Gasteiger partial charge in [-0.3, -0.25) is 0 Å². The highest BCUT2D eigenvalue weighted by Crippen LogP contribution is 2.31. The minimum absolute atomic E-state index is 0.0454. The predicted molar refractivity (Wildman–Crippen MR) is 229 cm³/mol. The molecule has 0 amide bonds. The number of halogens is 5. The fourth-order valence-corrected chi connectivity index (χ4v) is 6.34. The van der Waals surface area contributed by atoms with Gasteiger partial charge < -0.3 is 10.0 Å². The van der Waals surface area contributed by atoms with Crippen LogP contribution in [-0.2, 0) is 12.8 Å². The zero-order chi connectivity index (χ0) is 43.4. The molecule has 2 aromatic heterocycles. The van der Waals surface area contributed by atoms with E-state index in [1.807, 2.05) is 54.6 Å². The lowest BCUT2D eigenvalue weighted by Crippen LogP contribution is -2.35. The number of hydrogen-bond donors (Lipinski definition) is 2. The van der Waals surface area contributed by atoms with Gasteiger partial charge in [-0.05, 0) is 99.3 Å². The Bertz CT molecular complexity index is 2310. The first-order chi connectivity index (χ1) is 29.0. The minimum Gasteiger partial charge on any atom is -0.423 e. The molecule has 0 spiro atoms. The van der Waals surface area contributed by atoms with E-state index in [4.69, 9.17) is 20.6 Å². The molecule has 4 aromatic carbocycles. The van der Waals surface area contributed by atoms with Gasteiger partial charge in [0.2, 0.25) is 11.6 Å². The number of benzene rings is 4. The van der Waals surface area contributed by atoms with Gasteiger partial charge in [-0.1, -0.05) is 101 Å². The second-order valence-electron chi connectivity index (χ2n) is 13.8. The molecule has 0 aliphatic heterocycles. The van der Waals surface area contributed by atoms with Crippen molar-refractivity contribution in [3.05, 3.63) is 148 Å². The average molecular weight is 880 g/mol.